The van der Waals surface area contributed by atoms with Crippen LogP contribution in [0.15, 0.2) is 182 Å². The lowest BCUT2D eigenvalue weighted by Crippen LogP contribution is -2.14. The number of anilines is 6. The summed E-state index contributed by atoms with van der Waals surface area (Å²) in [5, 5.41) is 5.02. The van der Waals surface area contributed by atoms with Crippen LogP contribution in [0.5, 0.6) is 0 Å². The van der Waals surface area contributed by atoms with Gasteiger partial charge in [-0.1, -0.05) is 192 Å². The molecule has 0 aromatic heterocycles. The number of hydrogen-bond donors (Lipinski definition) is 0. The topological polar surface area (TPSA) is 6.48 Å². The van der Waals surface area contributed by atoms with E-state index in [1.807, 2.05) is 0 Å². The highest BCUT2D eigenvalue weighted by Gasteiger charge is 2.25. The van der Waals surface area contributed by atoms with Gasteiger partial charge in [-0.2, -0.15) is 0 Å². The minimum absolute atomic E-state index is 0.0519. The Morgan fingerprint density at radius 2 is 0.676 bits per heavy atom. The number of benzene rings is 8. The van der Waals surface area contributed by atoms with Crippen molar-refractivity contribution in [3.05, 3.63) is 210 Å². The first-order valence-electron chi connectivity index (χ1n) is 24.7. The van der Waals surface area contributed by atoms with Gasteiger partial charge < -0.3 is 9.80 Å². The van der Waals surface area contributed by atoms with Gasteiger partial charge in [-0.3, -0.25) is 0 Å². The standard InChI is InChI=1S/C66H70N2/c1-63(2,3)47-23-31-51(32-24-47)67(52-33-25-48(26-34-52)64(4,5)6)55-39-41-57-59(43-55)61(45-19-15-13-16-20-45)58-42-40-56(44-60(58)62(57)46-21-17-14-18-22-46)68(53-35-27-49(28-36-53)65(7,8)9)54-37-29-50(30-38-54)66(10,11)12/h13-17,19-21,23-44H,18,22H2,1-12H3. The average Bonchev–Trinajstić information content (AvgIpc) is 3.31. The van der Waals surface area contributed by atoms with E-state index >= 15 is 0 Å². The maximum Gasteiger partial charge on any atom is 0.0468 e. The quantitative estimate of drug-likeness (QED) is 0.140. The molecule has 0 atom stereocenters. The molecule has 344 valence electrons. The van der Waals surface area contributed by atoms with Gasteiger partial charge >= 0.3 is 0 Å². The summed E-state index contributed by atoms with van der Waals surface area (Å²) in [6.45, 7) is 27.4. The van der Waals surface area contributed by atoms with Gasteiger partial charge in [-0.25, -0.2) is 0 Å². The summed E-state index contributed by atoms with van der Waals surface area (Å²) in [6.07, 6.45) is 8.91. The molecule has 0 saturated heterocycles. The predicted molar refractivity (Wildman–Crippen MR) is 297 cm³/mol. The third kappa shape index (κ3) is 9.31. The summed E-state index contributed by atoms with van der Waals surface area (Å²) in [5.41, 5.74) is 17.5. The fraction of sp³-hybridized carbons (Fsp3) is 0.273. The van der Waals surface area contributed by atoms with Gasteiger partial charge in [0.1, 0.15) is 0 Å². The lowest BCUT2D eigenvalue weighted by Gasteiger charge is -2.30. The van der Waals surface area contributed by atoms with Crippen molar-refractivity contribution in [2.75, 3.05) is 9.80 Å². The van der Waals surface area contributed by atoms with Crippen molar-refractivity contribution in [3.8, 4) is 11.1 Å². The second kappa shape index (κ2) is 17.8. The molecule has 0 fully saturated rings. The smallest absolute Gasteiger partial charge is 0.0468 e. The maximum absolute atomic E-state index is 2.47. The Bertz CT molecular complexity index is 3020. The van der Waals surface area contributed by atoms with Crippen molar-refractivity contribution in [1.29, 1.82) is 0 Å². The molecule has 0 bridgehead atoms. The largest absolute Gasteiger partial charge is 0.310 e. The molecule has 68 heavy (non-hydrogen) atoms. The number of allylic oxidation sites excluding steroid dienone is 4. The van der Waals surface area contributed by atoms with Gasteiger partial charge in [0.2, 0.25) is 0 Å². The Labute approximate surface area is 407 Å². The summed E-state index contributed by atoms with van der Waals surface area (Å²) in [6, 6.07) is 62.3. The molecule has 0 spiro atoms. The van der Waals surface area contributed by atoms with Crippen molar-refractivity contribution < 1.29 is 0 Å². The van der Waals surface area contributed by atoms with Crippen LogP contribution < -0.4 is 9.80 Å². The van der Waals surface area contributed by atoms with E-state index in [9.17, 15) is 0 Å². The summed E-state index contributed by atoms with van der Waals surface area (Å²) < 4.78 is 0. The van der Waals surface area contributed by atoms with Crippen LogP contribution in [-0.2, 0) is 21.7 Å². The van der Waals surface area contributed by atoms with Gasteiger partial charge in [-0.05, 0) is 173 Å². The molecule has 0 amide bonds. The highest BCUT2D eigenvalue weighted by Crippen LogP contribution is 2.48. The van der Waals surface area contributed by atoms with Gasteiger partial charge in [0.25, 0.3) is 0 Å². The molecule has 8 aromatic carbocycles. The van der Waals surface area contributed by atoms with E-state index in [0.717, 1.165) is 47.0 Å². The monoisotopic (exact) mass is 891 g/mol. The Morgan fingerprint density at radius 3 is 1.01 bits per heavy atom. The SMILES string of the molecule is CC(C)(C)c1ccc(N(c2ccc(C(C)(C)C)cc2)c2ccc3c(-c4ccccc4)c4cc(N(c5ccc(C(C)(C)C)cc5)c5ccc(C(C)(C)C)cc5)ccc4c(C4=CC=CCC4)c3c2)cc1. The Balaban J connectivity index is 1.32. The molecule has 0 N–H and O–H groups in total. The highest BCUT2D eigenvalue weighted by molar-refractivity contribution is 6.20. The summed E-state index contributed by atoms with van der Waals surface area (Å²) in [7, 11) is 0. The number of nitrogens with zero attached hydrogens (tertiary/aromatic N) is 2. The first-order chi connectivity index (χ1) is 32.3. The molecule has 0 radical (unpaired) electrons. The van der Waals surface area contributed by atoms with E-state index in [2.05, 4.69) is 275 Å². The first kappa shape index (κ1) is 46.5. The molecule has 1 aliphatic carbocycles. The minimum Gasteiger partial charge on any atom is -0.310 e. The van der Waals surface area contributed by atoms with Crippen molar-refractivity contribution in [1.82, 2.24) is 0 Å². The molecule has 0 aliphatic heterocycles. The van der Waals surface area contributed by atoms with E-state index in [1.165, 1.54) is 66.1 Å². The zero-order valence-corrected chi connectivity index (χ0v) is 42.6. The molecule has 2 nitrogen and oxygen atoms in total. The maximum atomic E-state index is 2.47. The first-order valence-corrected chi connectivity index (χ1v) is 24.7. The van der Waals surface area contributed by atoms with Gasteiger partial charge in [0, 0.05) is 34.1 Å². The number of rotatable bonds is 8. The summed E-state index contributed by atoms with van der Waals surface area (Å²) in [4.78, 5) is 4.89. The Hall–Kier alpha value is -6.64. The fourth-order valence-electron chi connectivity index (χ4n) is 9.89. The van der Waals surface area contributed by atoms with Crippen LogP contribution in [0.25, 0.3) is 38.2 Å². The van der Waals surface area contributed by atoms with E-state index in [1.54, 1.807) is 0 Å². The molecule has 1 aliphatic rings. The lowest BCUT2D eigenvalue weighted by atomic mass is 9.83. The summed E-state index contributed by atoms with van der Waals surface area (Å²) >= 11 is 0. The third-order valence-corrected chi connectivity index (χ3v) is 14.0. The molecular weight excluding hydrogens is 821 g/mol. The number of fused-ring (bicyclic) bond motifs is 2. The number of hydrogen-bond acceptors (Lipinski definition) is 2. The normalized spacial score (nSPS) is 13.5. The fourth-order valence-corrected chi connectivity index (χ4v) is 9.89. The average molecular weight is 891 g/mol. The predicted octanol–water partition coefficient (Wildman–Crippen LogP) is 19.5. The second-order valence-corrected chi connectivity index (χ2v) is 23.1. The molecule has 8 aromatic rings. The third-order valence-electron chi connectivity index (χ3n) is 14.0. The molecule has 0 heterocycles. The summed E-state index contributed by atoms with van der Waals surface area (Å²) in [5.74, 6) is 0. The highest BCUT2D eigenvalue weighted by atomic mass is 15.1. The van der Waals surface area contributed by atoms with E-state index in [4.69, 9.17) is 0 Å². The molecule has 2 heteroatoms. The van der Waals surface area contributed by atoms with Crippen LogP contribution >= 0.6 is 0 Å². The lowest BCUT2D eigenvalue weighted by molar-refractivity contribution is 0.590. The van der Waals surface area contributed by atoms with Crippen LogP contribution in [0.1, 0.15) is 124 Å². The Kier molecular flexibility index (Phi) is 12.2. The second-order valence-electron chi connectivity index (χ2n) is 23.1. The van der Waals surface area contributed by atoms with Crippen molar-refractivity contribution in [2.45, 2.75) is 118 Å². The minimum atomic E-state index is 0.0519. The van der Waals surface area contributed by atoms with Crippen molar-refractivity contribution >= 4 is 61.2 Å². The van der Waals surface area contributed by atoms with Crippen LogP contribution in [-0.4, -0.2) is 0 Å². The molecular formula is C66H70N2. The molecule has 0 unspecified atom stereocenters. The van der Waals surface area contributed by atoms with E-state index < -0.39 is 0 Å². The zero-order chi connectivity index (χ0) is 48.2. The zero-order valence-electron chi connectivity index (χ0n) is 42.6. The van der Waals surface area contributed by atoms with Crippen LogP contribution in [0, 0.1) is 0 Å². The molecule has 9 rings (SSSR count). The van der Waals surface area contributed by atoms with E-state index in [-0.39, 0.29) is 21.7 Å². The molecule has 0 saturated carbocycles. The van der Waals surface area contributed by atoms with Crippen LogP contribution in [0.2, 0.25) is 0 Å². The van der Waals surface area contributed by atoms with E-state index in [0.29, 0.717) is 0 Å². The van der Waals surface area contributed by atoms with Gasteiger partial charge in [0.05, 0.1) is 0 Å². The van der Waals surface area contributed by atoms with Gasteiger partial charge in [0.15, 0.2) is 0 Å². The van der Waals surface area contributed by atoms with Crippen LogP contribution in [0.3, 0.4) is 0 Å². The van der Waals surface area contributed by atoms with Crippen LogP contribution in [0.4, 0.5) is 34.1 Å². The Morgan fingerprint density at radius 1 is 0.338 bits per heavy atom. The van der Waals surface area contributed by atoms with Crippen molar-refractivity contribution in [2.24, 2.45) is 0 Å². The van der Waals surface area contributed by atoms with Crippen molar-refractivity contribution in [3.63, 3.8) is 0 Å². The van der Waals surface area contributed by atoms with Gasteiger partial charge in [-0.15, -0.1) is 0 Å².